The predicted molar refractivity (Wildman–Crippen MR) is 109 cm³/mol. The van der Waals surface area contributed by atoms with E-state index in [1.54, 1.807) is 27.7 Å². The number of unbranched alkanes of at least 4 members (excludes halogenated alkanes) is 2. The zero-order valence-electron chi connectivity index (χ0n) is 17.8. The average Bonchev–Trinajstić information content (AvgIpc) is 2.61. The Balaban J connectivity index is 2.66. The Morgan fingerprint density at radius 1 is 0.759 bits per heavy atom. The number of carbonyl (C=O) groups is 2. The highest BCUT2D eigenvalue weighted by Gasteiger charge is 2.27. The van der Waals surface area contributed by atoms with Crippen LogP contribution in [0.25, 0.3) is 0 Å². The molecule has 0 aliphatic rings. The van der Waals surface area contributed by atoms with Crippen LogP contribution in [0.3, 0.4) is 0 Å². The highest BCUT2D eigenvalue weighted by molar-refractivity contribution is 5.73. The largest absolute Gasteiger partial charge is 0.508 e. The molecular weight excluding hydrogens is 376 g/mol. The lowest BCUT2D eigenvalue weighted by Gasteiger charge is -2.19. The lowest BCUT2D eigenvalue weighted by atomic mass is 9.86. The lowest BCUT2D eigenvalue weighted by Crippen LogP contribution is -2.23. The van der Waals surface area contributed by atoms with Gasteiger partial charge in [0, 0.05) is 11.1 Å². The van der Waals surface area contributed by atoms with Gasteiger partial charge in [0.25, 0.3) is 0 Å². The van der Waals surface area contributed by atoms with Gasteiger partial charge in [-0.2, -0.15) is 0 Å². The lowest BCUT2D eigenvalue weighted by molar-refractivity contribution is -0.148. The molecule has 5 N–H and O–H groups in total. The molecule has 1 aromatic carbocycles. The Bertz CT molecular complexity index is 735. The molecule has 164 valence electrons. The molecular formula is C22H34O7. The van der Waals surface area contributed by atoms with Crippen molar-refractivity contribution in [3.8, 4) is 17.2 Å². The average molecular weight is 411 g/mol. The molecule has 0 heterocycles. The van der Waals surface area contributed by atoms with Gasteiger partial charge in [-0.1, -0.05) is 12.8 Å². The molecule has 0 atom stereocenters. The number of hydrogen-bond acceptors (Lipinski definition) is 5. The molecule has 0 saturated carbocycles. The number of aromatic hydroxyl groups is 3. The summed E-state index contributed by atoms with van der Waals surface area (Å²) in [6, 6.07) is 1.44. The minimum atomic E-state index is -0.864. The summed E-state index contributed by atoms with van der Waals surface area (Å²) in [5, 5.41) is 49.1. The molecule has 0 aliphatic heterocycles. The van der Waals surface area contributed by atoms with Crippen molar-refractivity contribution >= 4 is 11.9 Å². The van der Waals surface area contributed by atoms with Crippen molar-refractivity contribution in [2.75, 3.05) is 0 Å². The van der Waals surface area contributed by atoms with Crippen molar-refractivity contribution in [3.63, 3.8) is 0 Å². The number of carboxylic acid groups (broad SMARTS) is 2. The van der Waals surface area contributed by atoms with Gasteiger partial charge < -0.3 is 25.5 Å². The Kier molecular flexibility index (Phi) is 8.36. The number of rotatable bonds is 12. The first-order valence-corrected chi connectivity index (χ1v) is 10.0. The van der Waals surface area contributed by atoms with Crippen LogP contribution in [0.5, 0.6) is 17.2 Å². The monoisotopic (exact) mass is 410 g/mol. The first kappa shape index (κ1) is 24.6. The third kappa shape index (κ3) is 6.84. The molecule has 0 aliphatic carbocycles. The Hall–Kier alpha value is -2.44. The molecule has 0 amide bonds. The summed E-state index contributed by atoms with van der Waals surface area (Å²) in [5.74, 6) is -2.42. The van der Waals surface area contributed by atoms with Crippen LogP contribution < -0.4 is 0 Å². The third-order valence-electron chi connectivity index (χ3n) is 5.57. The summed E-state index contributed by atoms with van der Waals surface area (Å²) in [5.41, 5.74) is -0.966. The number of aryl methyl sites for hydroxylation is 1. The fourth-order valence-electron chi connectivity index (χ4n) is 3.14. The van der Waals surface area contributed by atoms with E-state index in [4.69, 9.17) is 10.2 Å². The van der Waals surface area contributed by atoms with Crippen LogP contribution in [-0.2, 0) is 22.4 Å². The summed E-state index contributed by atoms with van der Waals surface area (Å²) < 4.78 is 0. The van der Waals surface area contributed by atoms with Gasteiger partial charge in [-0.05, 0) is 72.3 Å². The van der Waals surface area contributed by atoms with Gasteiger partial charge in [-0.25, -0.2) is 0 Å². The Morgan fingerprint density at radius 2 is 1.21 bits per heavy atom. The van der Waals surface area contributed by atoms with Gasteiger partial charge in [0.15, 0.2) is 11.5 Å². The normalized spacial score (nSPS) is 12.1. The minimum absolute atomic E-state index is 0.0985. The molecule has 0 radical (unpaired) electrons. The second-order valence-electron chi connectivity index (χ2n) is 9.02. The summed E-state index contributed by atoms with van der Waals surface area (Å²) in [7, 11) is 0. The summed E-state index contributed by atoms with van der Waals surface area (Å²) >= 11 is 0. The van der Waals surface area contributed by atoms with Crippen molar-refractivity contribution in [1.29, 1.82) is 0 Å². The van der Waals surface area contributed by atoms with E-state index < -0.39 is 22.8 Å². The summed E-state index contributed by atoms with van der Waals surface area (Å²) in [6.45, 7) is 6.64. The van der Waals surface area contributed by atoms with Crippen LogP contribution in [0.4, 0.5) is 0 Å². The molecule has 7 heteroatoms. The summed E-state index contributed by atoms with van der Waals surface area (Å²) in [6.07, 6.45) is 4.14. The van der Waals surface area contributed by atoms with Crippen molar-refractivity contribution in [3.05, 3.63) is 17.2 Å². The Labute approximate surface area is 172 Å². The maximum Gasteiger partial charge on any atom is 0.309 e. The topological polar surface area (TPSA) is 135 Å². The molecule has 1 aromatic rings. The minimum Gasteiger partial charge on any atom is -0.508 e. The van der Waals surface area contributed by atoms with Gasteiger partial charge in [0.05, 0.1) is 10.8 Å². The predicted octanol–water partition coefficient (Wildman–Crippen LogP) is 4.45. The zero-order chi connectivity index (χ0) is 22.4. The number of phenolic OH excluding ortho intramolecular Hbond substituents is 3. The molecule has 0 fully saturated rings. The van der Waals surface area contributed by atoms with Crippen LogP contribution >= 0.6 is 0 Å². The van der Waals surface area contributed by atoms with Gasteiger partial charge >= 0.3 is 11.9 Å². The standard InChI is InChI=1S/C22H34O7/c1-21(2,19(26)27)11-7-5-9-14-13-16(23)15(18(25)17(14)24)10-6-8-12-22(3,4)20(28)29/h13,23-25H,5-12H2,1-4H3,(H,26,27)(H,28,29). The van der Waals surface area contributed by atoms with Crippen LogP contribution in [0.15, 0.2) is 6.07 Å². The van der Waals surface area contributed by atoms with Crippen LogP contribution in [0.1, 0.15) is 77.3 Å². The van der Waals surface area contributed by atoms with Crippen molar-refractivity contribution in [2.45, 2.75) is 79.1 Å². The van der Waals surface area contributed by atoms with Gasteiger partial charge in [0.1, 0.15) is 5.75 Å². The van der Waals surface area contributed by atoms with Crippen LogP contribution in [0, 0.1) is 10.8 Å². The highest BCUT2D eigenvalue weighted by atomic mass is 16.4. The van der Waals surface area contributed by atoms with Gasteiger partial charge in [0.2, 0.25) is 0 Å². The fraction of sp³-hybridized carbons (Fsp3) is 0.636. The maximum absolute atomic E-state index is 11.1. The number of carboxylic acids is 2. The third-order valence-corrected chi connectivity index (χ3v) is 5.57. The SMILES string of the molecule is CC(C)(CCCCc1cc(O)c(CCCCC(C)(C)C(=O)O)c(O)c1O)C(=O)O. The van der Waals surface area contributed by atoms with Gasteiger partial charge in [-0.3, -0.25) is 9.59 Å². The number of aliphatic carboxylic acids is 2. The first-order chi connectivity index (χ1) is 13.3. The maximum atomic E-state index is 11.1. The fourth-order valence-corrected chi connectivity index (χ4v) is 3.14. The van der Waals surface area contributed by atoms with E-state index in [-0.39, 0.29) is 22.8 Å². The second kappa shape index (κ2) is 9.85. The van der Waals surface area contributed by atoms with E-state index >= 15 is 0 Å². The highest BCUT2D eigenvalue weighted by Crippen LogP contribution is 2.40. The molecule has 0 aromatic heterocycles. The van der Waals surface area contributed by atoms with Crippen molar-refractivity contribution in [2.24, 2.45) is 10.8 Å². The van der Waals surface area contributed by atoms with E-state index in [0.717, 1.165) is 0 Å². The van der Waals surface area contributed by atoms with Crippen LogP contribution in [-0.4, -0.2) is 37.5 Å². The van der Waals surface area contributed by atoms with E-state index in [9.17, 15) is 24.9 Å². The molecule has 29 heavy (non-hydrogen) atoms. The molecule has 7 nitrogen and oxygen atoms in total. The smallest absolute Gasteiger partial charge is 0.309 e. The van der Waals surface area contributed by atoms with E-state index in [1.165, 1.54) is 6.07 Å². The summed E-state index contributed by atoms with van der Waals surface area (Å²) in [4.78, 5) is 22.3. The first-order valence-electron chi connectivity index (χ1n) is 10.0. The van der Waals surface area contributed by atoms with E-state index in [0.29, 0.717) is 56.9 Å². The number of phenols is 3. The molecule has 0 bridgehead atoms. The number of benzene rings is 1. The molecule has 0 saturated heterocycles. The molecule has 0 unspecified atom stereocenters. The second-order valence-corrected chi connectivity index (χ2v) is 9.02. The Morgan fingerprint density at radius 3 is 1.66 bits per heavy atom. The molecule has 0 spiro atoms. The number of hydrogen-bond donors (Lipinski definition) is 5. The van der Waals surface area contributed by atoms with E-state index in [2.05, 4.69) is 0 Å². The zero-order valence-corrected chi connectivity index (χ0v) is 17.8. The van der Waals surface area contributed by atoms with Crippen molar-refractivity contribution in [1.82, 2.24) is 0 Å². The molecule has 1 rings (SSSR count). The van der Waals surface area contributed by atoms with E-state index in [1.807, 2.05) is 0 Å². The quantitative estimate of drug-likeness (QED) is 0.195. The van der Waals surface area contributed by atoms with Crippen LogP contribution in [0.2, 0.25) is 0 Å². The van der Waals surface area contributed by atoms with Gasteiger partial charge in [-0.15, -0.1) is 0 Å². The van der Waals surface area contributed by atoms with Crippen molar-refractivity contribution < 1.29 is 35.1 Å².